The van der Waals surface area contributed by atoms with Crippen molar-refractivity contribution in [1.29, 1.82) is 0 Å². The Morgan fingerprint density at radius 3 is 2.71 bits per heavy atom. The van der Waals surface area contributed by atoms with E-state index in [1.165, 1.54) is 0 Å². The third-order valence-corrected chi connectivity index (χ3v) is 3.88. The Labute approximate surface area is 133 Å². The van der Waals surface area contributed by atoms with Crippen molar-refractivity contribution in [3.05, 3.63) is 23.1 Å². The summed E-state index contributed by atoms with van der Waals surface area (Å²) in [5, 5.41) is 0.172. The number of amides is 1. The first-order valence-electron chi connectivity index (χ1n) is 6.79. The predicted molar refractivity (Wildman–Crippen MR) is 84.8 cm³/mol. The van der Waals surface area contributed by atoms with E-state index in [9.17, 15) is 4.79 Å². The van der Waals surface area contributed by atoms with Gasteiger partial charge in [-0.05, 0) is 26.8 Å². The van der Waals surface area contributed by atoms with Gasteiger partial charge in [0.1, 0.15) is 17.4 Å². The smallest absolute Gasteiger partial charge is 0.245 e. The van der Waals surface area contributed by atoms with E-state index in [4.69, 9.17) is 23.2 Å². The molecule has 2 rings (SSSR count). The molecule has 0 fully saturated rings. The van der Waals surface area contributed by atoms with Gasteiger partial charge >= 0.3 is 0 Å². The lowest BCUT2D eigenvalue weighted by molar-refractivity contribution is -0.132. The van der Waals surface area contributed by atoms with E-state index in [0.29, 0.717) is 28.6 Å². The molecule has 114 valence electrons. The zero-order valence-corrected chi connectivity index (χ0v) is 14.0. The van der Waals surface area contributed by atoms with Crippen molar-refractivity contribution in [2.75, 3.05) is 13.6 Å². The van der Waals surface area contributed by atoms with Crippen LogP contribution in [0.2, 0.25) is 5.02 Å². The van der Waals surface area contributed by atoms with Crippen LogP contribution < -0.4 is 0 Å². The summed E-state index contributed by atoms with van der Waals surface area (Å²) in [6.45, 7) is 6.22. The standard InChI is InChI=1S/C14H18Cl2N4O/c1-5-19(4)14(21)9(3)20-12(8(2)15)18-11-6-10(16)7-17-13(11)20/h6-9H,5H2,1-4H3. The molecule has 0 saturated heterocycles. The van der Waals surface area contributed by atoms with Gasteiger partial charge in [-0.2, -0.15) is 0 Å². The summed E-state index contributed by atoms with van der Waals surface area (Å²) in [5.74, 6) is 0.610. The lowest BCUT2D eigenvalue weighted by Gasteiger charge is -2.22. The number of pyridine rings is 1. The Balaban J connectivity index is 2.60. The number of halogens is 2. The number of alkyl halides is 1. The van der Waals surface area contributed by atoms with Crippen LogP contribution in [0.4, 0.5) is 0 Å². The first kappa shape index (κ1) is 16.0. The van der Waals surface area contributed by atoms with Crippen molar-refractivity contribution < 1.29 is 4.79 Å². The molecule has 2 aromatic rings. The third kappa shape index (κ3) is 2.99. The zero-order valence-electron chi connectivity index (χ0n) is 12.5. The average Bonchev–Trinajstić information content (AvgIpc) is 2.83. The van der Waals surface area contributed by atoms with Crippen molar-refractivity contribution in [1.82, 2.24) is 19.4 Å². The molecule has 0 radical (unpaired) electrons. The normalized spacial score (nSPS) is 14.2. The molecule has 7 heteroatoms. The predicted octanol–water partition coefficient (Wildman–Crippen LogP) is 3.42. The number of carbonyl (C=O) groups excluding carboxylic acids is 1. The van der Waals surface area contributed by atoms with Gasteiger partial charge in [0.2, 0.25) is 5.91 Å². The summed E-state index contributed by atoms with van der Waals surface area (Å²) in [4.78, 5) is 22.9. The number of hydrogen-bond acceptors (Lipinski definition) is 3. The molecule has 2 atom stereocenters. The van der Waals surface area contributed by atoms with Crippen molar-refractivity contribution in [3.63, 3.8) is 0 Å². The van der Waals surface area contributed by atoms with E-state index in [1.54, 1.807) is 28.8 Å². The van der Waals surface area contributed by atoms with E-state index < -0.39 is 6.04 Å². The Hall–Kier alpha value is -1.33. The number of nitrogens with zero attached hydrogens (tertiary/aromatic N) is 4. The maximum Gasteiger partial charge on any atom is 0.245 e. The van der Waals surface area contributed by atoms with Crippen LogP contribution in [0.3, 0.4) is 0 Å². The van der Waals surface area contributed by atoms with Gasteiger partial charge in [0.15, 0.2) is 5.65 Å². The average molecular weight is 329 g/mol. The Kier molecular flexibility index (Phi) is 4.74. The van der Waals surface area contributed by atoms with Crippen LogP contribution in [-0.4, -0.2) is 38.9 Å². The molecule has 0 spiro atoms. The van der Waals surface area contributed by atoms with E-state index in [0.717, 1.165) is 0 Å². The zero-order chi connectivity index (χ0) is 15.7. The van der Waals surface area contributed by atoms with E-state index in [-0.39, 0.29) is 11.3 Å². The monoisotopic (exact) mass is 328 g/mol. The second kappa shape index (κ2) is 6.20. The third-order valence-electron chi connectivity index (χ3n) is 3.47. The van der Waals surface area contributed by atoms with Crippen molar-refractivity contribution in [2.24, 2.45) is 0 Å². The maximum absolute atomic E-state index is 12.4. The quantitative estimate of drug-likeness (QED) is 0.808. The first-order chi connectivity index (χ1) is 9.86. The van der Waals surface area contributed by atoms with Crippen molar-refractivity contribution in [2.45, 2.75) is 32.2 Å². The summed E-state index contributed by atoms with van der Waals surface area (Å²) >= 11 is 12.2. The number of imidazole rings is 1. The fourth-order valence-electron chi connectivity index (χ4n) is 2.22. The minimum Gasteiger partial charge on any atom is -0.344 e. The molecule has 2 unspecified atom stereocenters. The molecule has 2 heterocycles. The largest absolute Gasteiger partial charge is 0.344 e. The molecule has 1 amide bonds. The number of rotatable bonds is 4. The van der Waals surface area contributed by atoms with Gasteiger partial charge in [0, 0.05) is 19.8 Å². The highest BCUT2D eigenvalue weighted by molar-refractivity contribution is 6.31. The highest BCUT2D eigenvalue weighted by Gasteiger charge is 2.26. The van der Waals surface area contributed by atoms with Gasteiger partial charge in [0.25, 0.3) is 0 Å². The lowest BCUT2D eigenvalue weighted by Crippen LogP contribution is -2.33. The molecule has 5 nitrogen and oxygen atoms in total. The van der Waals surface area contributed by atoms with Crippen LogP contribution in [0, 0.1) is 0 Å². The number of hydrogen-bond donors (Lipinski definition) is 0. The van der Waals surface area contributed by atoms with Crippen molar-refractivity contribution >= 4 is 40.3 Å². The fraction of sp³-hybridized carbons (Fsp3) is 0.500. The fourth-order valence-corrected chi connectivity index (χ4v) is 2.53. The molecular formula is C14H18Cl2N4O. The van der Waals surface area contributed by atoms with Gasteiger partial charge in [-0.15, -0.1) is 11.6 Å². The van der Waals surface area contributed by atoms with Crippen molar-refractivity contribution in [3.8, 4) is 0 Å². The molecule has 0 bridgehead atoms. The van der Waals surface area contributed by atoms with Gasteiger partial charge in [-0.3, -0.25) is 9.36 Å². The SMILES string of the molecule is CCN(C)C(=O)C(C)n1c(C(C)Cl)nc2cc(Cl)cnc21. The van der Waals surface area contributed by atoms with Gasteiger partial charge in [-0.1, -0.05) is 11.6 Å². The summed E-state index contributed by atoms with van der Waals surface area (Å²) in [7, 11) is 1.77. The minimum absolute atomic E-state index is 0.00730. The molecule has 2 aromatic heterocycles. The van der Waals surface area contributed by atoms with Crippen LogP contribution in [0.15, 0.2) is 12.3 Å². The summed E-state index contributed by atoms with van der Waals surface area (Å²) in [6.07, 6.45) is 1.55. The molecule has 0 aliphatic carbocycles. The summed E-state index contributed by atoms with van der Waals surface area (Å²) in [5.41, 5.74) is 1.26. The van der Waals surface area contributed by atoms with Crippen LogP contribution in [0.25, 0.3) is 11.2 Å². The Bertz CT molecular complexity index is 668. The molecular weight excluding hydrogens is 311 g/mol. The maximum atomic E-state index is 12.4. The van der Waals surface area contributed by atoms with Gasteiger partial charge in [0.05, 0.1) is 10.4 Å². The Morgan fingerprint density at radius 1 is 1.48 bits per heavy atom. The van der Waals surface area contributed by atoms with Crippen LogP contribution in [0.5, 0.6) is 0 Å². The van der Waals surface area contributed by atoms with Gasteiger partial charge < -0.3 is 4.90 Å². The number of carbonyl (C=O) groups is 1. The van der Waals surface area contributed by atoms with E-state index >= 15 is 0 Å². The minimum atomic E-state index is -0.426. The van der Waals surface area contributed by atoms with Crippen LogP contribution >= 0.6 is 23.2 Å². The number of fused-ring (bicyclic) bond motifs is 1. The van der Waals surface area contributed by atoms with E-state index in [2.05, 4.69) is 9.97 Å². The molecule has 0 saturated carbocycles. The highest BCUT2D eigenvalue weighted by atomic mass is 35.5. The number of aromatic nitrogens is 3. The van der Waals surface area contributed by atoms with E-state index in [1.807, 2.05) is 20.8 Å². The molecule has 0 aliphatic heterocycles. The number of likely N-dealkylation sites (N-methyl/N-ethyl adjacent to an activating group) is 1. The molecule has 0 aliphatic rings. The second-order valence-corrected chi connectivity index (χ2v) is 6.07. The second-order valence-electron chi connectivity index (χ2n) is 4.98. The topological polar surface area (TPSA) is 51.0 Å². The summed E-state index contributed by atoms with van der Waals surface area (Å²) < 4.78 is 1.79. The summed E-state index contributed by atoms with van der Waals surface area (Å²) in [6, 6.07) is 1.30. The van der Waals surface area contributed by atoms with Crippen LogP contribution in [-0.2, 0) is 4.79 Å². The first-order valence-corrected chi connectivity index (χ1v) is 7.60. The Morgan fingerprint density at radius 2 is 2.14 bits per heavy atom. The lowest BCUT2D eigenvalue weighted by atomic mass is 10.2. The molecule has 0 aromatic carbocycles. The molecule has 21 heavy (non-hydrogen) atoms. The van der Waals surface area contributed by atoms with Crippen LogP contribution in [0.1, 0.15) is 38.0 Å². The highest BCUT2D eigenvalue weighted by Crippen LogP contribution is 2.28. The molecule has 0 N–H and O–H groups in total. The van der Waals surface area contributed by atoms with Gasteiger partial charge in [-0.25, -0.2) is 9.97 Å².